The van der Waals surface area contributed by atoms with Crippen LogP contribution in [-0.4, -0.2) is 19.5 Å². The SMILES string of the molecule is Nc1ccccc1-c1c2nc(c(-c3ccccc3N)c3ccc(c(-c4ccccc4N)c4nc(cc5ccc1[nH]5)C=C4)n3-c1ccccc1N)C=C2. The monoisotopic (exact) mass is 674 g/mol. The number of nitrogens with two attached hydrogens (primary N) is 4. The molecule has 0 saturated carbocycles. The van der Waals surface area contributed by atoms with Gasteiger partial charge in [0, 0.05) is 61.5 Å². The first-order valence-corrected chi connectivity index (χ1v) is 17.0. The summed E-state index contributed by atoms with van der Waals surface area (Å²) in [5, 5.41) is 0. The lowest BCUT2D eigenvalue weighted by Gasteiger charge is -2.16. The Bertz CT molecular complexity index is 2800. The molecule has 7 aromatic rings. The first-order chi connectivity index (χ1) is 25.4. The van der Waals surface area contributed by atoms with Crippen molar-refractivity contribution in [3.63, 3.8) is 0 Å². The standard InChI is InChI=1S/C44H34N8/c45-31-12-4-1-9-28(31)42-35-19-17-26(49-35)25-27-18-20-37(50-27)43(29-10-2-5-13-32(29)46)40-23-24-41(52(40)39-16-8-7-15-34(39)48)44(38-22-21-36(42)51-38)30-11-3-6-14-33(30)47/h1-25,49H,45-48H2. The van der Waals surface area contributed by atoms with Crippen molar-refractivity contribution in [1.29, 1.82) is 0 Å². The largest absolute Gasteiger partial charge is 0.398 e. The van der Waals surface area contributed by atoms with Crippen LogP contribution in [0.1, 0.15) is 22.8 Å². The zero-order valence-corrected chi connectivity index (χ0v) is 28.1. The second-order valence-electron chi connectivity index (χ2n) is 12.8. The molecule has 0 fully saturated rings. The minimum Gasteiger partial charge on any atom is -0.398 e. The molecule has 8 nitrogen and oxygen atoms in total. The van der Waals surface area contributed by atoms with E-state index in [0.29, 0.717) is 22.7 Å². The average molecular weight is 675 g/mol. The number of anilines is 4. The van der Waals surface area contributed by atoms with Crippen molar-refractivity contribution in [2.24, 2.45) is 0 Å². The Balaban J connectivity index is 1.56. The van der Waals surface area contributed by atoms with E-state index in [1.54, 1.807) is 0 Å². The average Bonchev–Trinajstić information content (AvgIpc) is 3.98. The lowest BCUT2D eigenvalue weighted by atomic mass is 10.0. The molecule has 0 spiro atoms. The summed E-state index contributed by atoms with van der Waals surface area (Å²) in [4.78, 5) is 14.2. The number of para-hydroxylation sites is 5. The lowest BCUT2D eigenvalue weighted by Crippen LogP contribution is -2.03. The van der Waals surface area contributed by atoms with Gasteiger partial charge in [0.05, 0.1) is 45.2 Å². The maximum Gasteiger partial charge on any atom is 0.0738 e. The first kappa shape index (κ1) is 30.7. The molecule has 9 rings (SSSR count). The molecule has 0 amide bonds. The molecule has 0 atom stereocenters. The fourth-order valence-corrected chi connectivity index (χ4v) is 7.23. The Hall–Kier alpha value is -7.32. The van der Waals surface area contributed by atoms with Gasteiger partial charge >= 0.3 is 0 Å². The number of hydrogen-bond donors (Lipinski definition) is 5. The van der Waals surface area contributed by atoms with E-state index in [1.807, 2.05) is 133 Å². The van der Waals surface area contributed by atoms with Gasteiger partial charge in [0.15, 0.2) is 0 Å². The number of fused-ring (bicyclic) bond motifs is 8. The summed E-state index contributed by atoms with van der Waals surface area (Å²) < 4.78 is 2.17. The molecule has 8 heteroatoms. The fourth-order valence-electron chi connectivity index (χ4n) is 7.23. The number of aromatic amines is 1. The number of hydrogen-bond acceptors (Lipinski definition) is 6. The van der Waals surface area contributed by atoms with Crippen LogP contribution in [0.25, 0.3) is 85.4 Å². The predicted octanol–water partition coefficient (Wildman–Crippen LogP) is 9.45. The Morgan fingerprint density at radius 2 is 0.923 bits per heavy atom. The molecular formula is C44H34N8. The third-order valence-corrected chi connectivity index (χ3v) is 9.61. The second kappa shape index (κ2) is 12.2. The van der Waals surface area contributed by atoms with Gasteiger partial charge in [-0.1, -0.05) is 66.7 Å². The van der Waals surface area contributed by atoms with E-state index in [0.717, 1.165) is 83.9 Å². The van der Waals surface area contributed by atoms with Crippen molar-refractivity contribution in [2.75, 3.05) is 22.9 Å². The molecule has 2 aliphatic heterocycles. The summed E-state index contributed by atoms with van der Waals surface area (Å²) in [6.45, 7) is 0. The molecule has 250 valence electrons. The Kier molecular flexibility index (Phi) is 7.22. The molecule has 3 aromatic heterocycles. The summed E-state index contributed by atoms with van der Waals surface area (Å²) >= 11 is 0. The number of nitrogens with zero attached hydrogens (tertiary/aromatic N) is 3. The molecule has 5 heterocycles. The number of aromatic nitrogens is 4. The highest BCUT2D eigenvalue weighted by Gasteiger charge is 2.22. The number of H-pyrrole nitrogens is 1. The maximum atomic E-state index is 6.82. The van der Waals surface area contributed by atoms with E-state index in [9.17, 15) is 0 Å². The van der Waals surface area contributed by atoms with Gasteiger partial charge in [0.1, 0.15) is 0 Å². The van der Waals surface area contributed by atoms with Gasteiger partial charge < -0.3 is 32.5 Å². The molecule has 8 bridgehead atoms. The smallest absolute Gasteiger partial charge is 0.0738 e. The van der Waals surface area contributed by atoms with Crippen molar-refractivity contribution >= 4 is 69.1 Å². The molecule has 9 N–H and O–H groups in total. The van der Waals surface area contributed by atoms with Crippen molar-refractivity contribution in [1.82, 2.24) is 19.5 Å². The van der Waals surface area contributed by atoms with E-state index in [-0.39, 0.29) is 0 Å². The summed E-state index contributed by atoms with van der Waals surface area (Å²) in [6.07, 6.45) is 8.13. The predicted molar refractivity (Wildman–Crippen MR) is 218 cm³/mol. The van der Waals surface area contributed by atoms with Crippen LogP contribution in [0, 0.1) is 0 Å². The zero-order chi connectivity index (χ0) is 35.3. The summed E-state index contributed by atoms with van der Waals surface area (Å²) in [5.41, 5.74) is 41.9. The number of benzene rings is 4. The third-order valence-electron chi connectivity index (χ3n) is 9.61. The molecule has 52 heavy (non-hydrogen) atoms. The minimum atomic E-state index is 0.605. The van der Waals surface area contributed by atoms with E-state index < -0.39 is 0 Å². The summed E-state index contributed by atoms with van der Waals surface area (Å²) in [5.74, 6) is 0. The van der Waals surface area contributed by atoms with E-state index in [2.05, 4.69) is 27.8 Å². The van der Waals surface area contributed by atoms with Gasteiger partial charge in [-0.3, -0.25) is 0 Å². The lowest BCUT2D eigenvalue weighted by molar-refractivity contribution is 1.17. The Morgan fingerprint density at radius 3 is 1.50 bits per heavy atom. The Labute approximate surface area is 300 Å². The second-order valence-corrected chi connectivity index (χ2v) is 12.8. The Morgan fingerprint density at radius 1 is 0.442 bits per heavy atom. The molecule has 0 aliphatic carbocycles. The van der Waals surface area contributed by atoms with Gasteiger partial charge in [0.2, 0.25) is 0 Å². The number of rotatable bonds is 4. The van der Waals surface area contributed by atoms with E-state index in [1.165, 1.54) is 0 Å². The van der Waals surface area contributed by atoms with Crippen LogP contribution in [0.5, 0.6) is 0 Å². The fraction of sp³-hybridized carbons (Fsp3) is 0. The normalized spacial score (nSPS) is 12.0. The minimum absolute atomic E-state index is 0.605. The van der Waals surface area contributed by atoms with Gasteiger partial charge in [-0.15, -0.1) is 0 Å². The molecule has 2 aliphatic rings. The van der Waals surface area contributed by atoms with Crippen LogP contribution in [-0.2, 0) is 0 Å². The van der Waals surface area contributed by atoms with Gasteiger partial charge in [-0.25, -0.2) is 9.97 Å². The van der Waals surface area contributed by atoms with Crippen LogP contribution in [0.4, 0.5) is 22.7 Å². The zero-order valence-electron chi connectivity index (χ0n) is 28.1. The van der Waals surface area contributed by atoms with Gasteiger partial charge in [-0.2, -0.15) is 0 Å². The van der Waals surface area contributed by atoms with E-state index >= 15 is 0 Å². The molecule has 0 saturated heterocycles. The van der Waals surface area contributed by atoms with Crippen molar-refractivity contribution in [2.45, 2.75) is 0 Å². The topological polar surface area (TPSA) is 151 Å². The van der Waals surface area contributed by atoms with Crippen LogP contribution in [0.2, 0.25) is 0 Å². The molecular weight excluding hydrogens is 641 g/mol. The van der Waals surface area contributed by atoms with Crippen molar-refractivity contribution < 1.29 is 0 Å². The third kappa shape index (κ3) is 5.09. The maximum absolute atomic E-state index is 6.82. The van der Waals surface area contributed by atoms with Crippen molar-refractivity contribution in [3.8, 4) is 39.1 Å². The number of nitrogen functional groups attached to an aromatic ring is 4. The van der Waals surface area contributed by atoms with Crippen LogP contribution >= 0.6 is 0 Å². The quantitative estimate of drug-likeness (QED) is 0.117. The molecule has 4 aromatic carbocycles. The molecule has 0 radical (unpaired) electrons. The highest BCUT2D eigenvalue weighted by atomic mass is 15.0. The van der Waals surface area contributed by atoms with Crippen LogP contribution in [0.15, 0.2) is 127 Å². The van der Waals surface area contributed by atoms with Crippen LogP contribution < -0.4 is 22.9 Å². The number of nitrogens with one attached hydrogen (secondary N) is 1. The highest BCUT2D eigenvalue weighted by Crippen LogP contribution is 2.42. The summed E-state index contributed by atoms with van der Waals surface area (Å²) in [7, 11) is 0. The van der Waals surface area contributed by atoms with E-state index in [4.69, 9.17) is 32.9 Å². The van der Waals surface area contributed by atoms with Gasteiger partial charge in [0.25, 0.3) is 0 Å². The molecule has 0 unspecified atom stereocenters. The summed E-state index contributed by atoms with van der Waals surface area (Å²) in [6, 6.07) is 41.8. The van der Waals surface area contributed by atoms with Crippen molar-refractivity contribution in [3.05, 3.63) is 150 Å². The first-order valence-electron chi connectivity index (χ1n) is 17.0. The van der Waals surface area contributed by atoms with Gasteiger partial charge in [-0.05, 0) is 85.0 Å². The van der Waals surface area contributed by atoms with Crippen LogP contribution in [0.3, 0.4) is 0 Å². The highest BCUT2D eigenvalue weighted by molar-refractivity contribution is 6.02.